The van der Waals surface area contributed by atoms with E-state index >= 15 is 0 Å². The van der Waals surface area contributed by atoms with Crippen LogP contribution in [-0.2, 0) is 12.0 Å². The van der Waals surface area contributed by atoms with Crippen LogP contribution in [-0.4, -0.2) is 12.5 Å². The van der Waals surface area contributed by atoms with Gasteiger partial charge in [-0.15, -0.1) is 0 Å². The summed E-state index contributed by atoms with van der Waals surface area (Å²) in [5, 5.41) is 3.16. The van der Waals surface area contributed by atoms with E-state index in [0.29, 0.717) is 5.56 Å². The molecule has 4 nitrogen and oxygen atoms in total. The zero-order valence-corrected chi connectivity index (χ0v) is 27.1. The smallest absolute Gasteiger partial charge is 0.255 e. The summed E-state index contributed by atoms with van der Waals surface area (Å²) in [6.07, 6.45) is 18.1. The Balaban J connectivity index is 1.48. The highest BCUT2D eigenvalue weighted by Crippen LogP contribution is 2.33. The van der Waals surface area contributed by atoms with Gasteiger partial charge in [0.1, 0.15) is 5.75 Å². The molecular weight excluding hydrogens is 524 g/mol. The molecule has 0 spiro atoms. The average molecular weight is 578 g/mol. The Labute approximate surface area is 253 Å². The highest BCUT2D eigenvalue weighted by Gasteiger charge is 2.22. The molecule has 0 aliphatic carbocycles. The van der Waals surface area contributed by atoms with E-state index in [1.165, 1.54) is 75.5 Å². The van der Waals surface area contributed by atoms with Crippen LogP contribution in [0.3, 0.4) is 0 Å². The number of unbranched alkanes of at least 4 members (excludes halogenated alkanes) is 11. The summed E-state index contributed by atoms with van der Waals surface area (Å²) < 4.78 is 8.42. The third-order valence-electron chi connectivity index (χ3n) is 7.65. The first-order valence-corrected chi connectivity index (χ1v) is 16.8. The molecular formula is C36H53N2O2S+. The quantitative estimate of drug-likeness (QED) is 0.121. The number of anilines is 1. The van der Waals surface area contributed by atoms with Gasteiger partial charge in [-0.2, -0.15) is 4.57 Å². The summed E-state index contributed by atoms with van der Waals surface area (Å²) in [7, 11) is 0. The van der Waals surface area contributed by atoms with E-state index in [1.807, 2.05) is 36.4 Å². The van der Waals surface area contributed by atoms with Crippen LogP contribution in [0.2, 0.25) is 0 Å². The number of carbonyl (C=O) groups is 1. The number of ether oxygens (including phenoxy) is 1. The Morgan fingerprint density at radius 2 is 1.51 bits per heavy atom. The predicted molar refractivity (Wildman–Crippen MR) is 174 cm³/mol. The van der Waals surface area contributed by atoms with Crippen molar-refractivity contribution in [3.05, 3.63) is 75.7 Å². The van der Waals surface area contributed by atoms with Crippen molar-refractivity contribution in [1.29, 1.82) is 0 Å². The van der Waals surface area contributed by atoms with Gasteiger partial charge in [-0.05, 0) is 43.0 Å². The number of para-hydroxylation sites is 1. The maximum atomic E-state index is 13.3. The lowest BCUT2D eigenvalue weighted by Gasteiger charge is -2.24. The third kappa shape index (κ3) is 11.6. The molecule has 0 atom stereocenters. The molecule has 3 rings (SSSR count). The Morgan fingerprint density at radius 1 is 0.878 bits per heavy atom. The Hall–Kier alpha value is -2.66. The van der Waals surface area contributed by atoms with E-state index in [1.54, 1.807) is 11.3 Å². The van der Waals surface area contributed by atoms with Crippen molar-refractivity contribution in [1.82, 2.24) is 0 Å². The average Bonchev–Trinajstić information content (AvgIpc) is 3.36. The fourth-order valence-electron chi connectivity index (χ4n) is 5.21. The van der Waals surface area contributed by atoms with Gasteiger partial charge in [0.15, 0.2) is 12.7 Å². The molecule has 0 aliphatic rings. The molecule has 0 saturated heterocycles. The van der Waals surface area contributed by atoms with Crippen LogP contribution in [0.15, 0.2) is 54.2 Å². The molecule has 0 saturated carbocycles. The molecule has 1 N–H and O–H groups in total. The fourth-order valence-corrected chi connectivity index (χ4v) is 5.84. The van der Waals surface area contributed by atoms with Crippen molar-refractivity contribution in [2.24, 2.45) is 0 Å². The van der Waals surface area contributed by atoms with Gasteiger partial charge in [0.25, 0.3) is 5.91 Å². The van der Waals surface area contributed by atoms with E-state index in [4.69, 9.17) is 4.74 Å². The molecule has 224 valence electrons. The van der Waals surface area contributed by atoms with E-state index < -0.39 is 0 Å². The van der Waals surface area contributed by atoms with E-state index in [2.05, 4.69) is 62.3 Å². The van der Waals surface area contributed by atoms with E-state index in [9.17, 15) is 4.79 Å². The standard InChI is InChI=1S/C36H52N2O2S/c1-6-7-8-9-10-11-12-13-14-15-16-19-24-40-34-23-22-30(25-32(34)36(3,4)5)35(39)37-33-21-18-17-20-31(33)27-38-26-29(2)41-28-38/h17-18,20-23,25-26,28H,6-16,19,24,27H2,1-5H3/p+1. The van der Waals surface area contributed by atoms with Gasteiger partial charge in [-0.3, -0.25) is 4.79 Å². The molecule has 0 bridgehead atoms. The first-order chi connectivity index (χ1) is 19.8. The van der Waals surface area contributed by atoms with Gasteiger partial charge < -0.3 is 10.1 Å². The number of hydrogen-bond acceptors (Lipinski definition) is 3. The van der Waals surface area contributed by atoms with Crippen molar-refractivity contribution in [3.63, 3.8) is 0 Å². The minimum atomic E-state index is -0.131. The van der Waals surface area contributed by atoms with Gasteiger partial charge in [0, 0.05) is 16.7 Å². The number of carbonyl (C=O) groups excluding carboxylic acids is 1. The number of nitrogens with zero attached hydrogens (tertiary/aromatic N) is 1. The molecule has 2 aromatic carbocycles. The second-order valence-corrected chi connectivity index (χ2v) is 13.5. The number of rotatable bonds is 18. The highest BCUT2D eigenvalue weighted by atomic mass is 32.1. The van der Waals surface area contributed by atoms with Crippen LogP contribution < -0.4 is 14.6 Å². The third-order valence-corrected chi connectivity index (χ3v) is 8.50. The molecule has 0 aliphatic heterocycles. The molecule has 1 aromatic heterocycles. The van der Waals surface area contributed by atoms with Gasteiger partial charge in [-0.1, -0.05) is 128 Å². The monoisotopic (exact) mass is 577 g/mol. The second kappa shape index (κ2) is 17.3. The second-order valence-electron chi connectivity index (χ2n) is 12.4. The number of aryl methyl sites for hydroxylation is 1. The van der Waals surface area contributed by atoms with Crippen LogP contribution >= 0.6 is 11.3 Å². The fraction of sp³-hybridized carbons (Fsp3) is 0.556. The van der Waals surface area contributed by atoms with Crippen molar-refractivity contribution in [3.8, 4) is 5.75 Å². The molecule has 0 radical (unpaired) electrons. The Kier molecular flexibility index (Phi) is 13.9. The Morgan fingerprint density at radius 3 is 2.12 bits per heavy atom. The number of benzene rings is 2. The van der Waals surface area contributed by atoms with Crippen LogP contribution in [0.5, 0.6) is 5.75 Å². The summed E-state index contributed by atoms with van der Waals surface area (Å²) >= 11 is 1.72. The van der Waals surface area contributed by atoms with Crippen molar-refractivity contribution in [2.75, 3.05) is 11.9 Å². The topological polar surface area (TPSA) is 42.2 Å². The molecule has 3 aromatic rings. The summed E-state index contributed by atoms with van der Waals surface area (Å²) in [5.74, 6) is 0.795. The lowest BCUT2D eigenvalue weighted by atomic mass is 9.85. The molecule has 1 heterocycles. The van der Waals surface area contributed by atoms with Gasteiger partial charge in [-0.25, -0.2) is 0 Å². The lowest BCUT2D eigenvalue weighted by molar-refractivity contribution is -0.683. The zero-order chi connectivity index (χ0) is 29.5. The minimum Gasteiger partial charge on any atom is -0.493 e. The minimum absolute atomic E-state index is 0.0954. The Bertz CT molecular complexity index is 1190. The first kappa shape index (κ1) is 32.8. The van der Waals surface area contributed by atoms with Gasteiger partial charge >= 0.3 is 0 Å². The molecule has 41 heavy (non-hydrogen) atoms. The number of hydrogen-bond donors (Lipinski definition) is 1. The predicted octanol–water partition coefficient (Wildman–Crippen LogP) is 10.0. The van der Waals surface area contributed by atoms with E-state index in [0.717, 1.165) is 42.1 Å². The lowest BCUT2D eigenvalue weighted by Crippen LogP contribution is -2.31. The number of thiazole rings is 1. The number of nitrogens with one attached hydrogen (secondary N) is 1. The first-order valence-electron chi connectivity index (χ1n) is 15.9. The van der Waals surface area contributed by atoms with E-state index in [-0.39, 0.29) is 11.3 Å². The molecule has 0 unspecified atom stereocenters. The summed E-state index contributed by atoms with van der Waals surface area (Å²) in [6, 6.07) is 13.9. The number of amides is 1. The van der Waals surface area contributed by atoms with Gasteiger partial charge in [0.2, 0.25) is 5.51 Å². The molecule has 1 amide bonds. The van der Waals surface area contributed by atoms with Crippen LogP contribution in [0.25, 0.3) is 0 Å². The highest BCUT2D eigenvalue weighted by molar-refractivity contribution is 7.09. The van der Waals surface area contributed by atoms with Crippen molar-refractivity contribution >= 4 is 22.9 Å². The largest absolute Gasteiger partial charge is 0.493 e. The number of aromatic nitrogens is 1. The van der Waals surface area contributed by atoms with Crippen LogP contribution in [0.4, 0.5) is 5.69 Å². The molecule has 0 fully saturated rings. The molecule has 5 heteroatoms. The SMILES string of the molecule is CCCCCCCCCCCCCCOc1ccc(C(=O)Nc2ccccc2C[n+]2csc(C)c2)cc1C(C)(C)C. The maximum Gasteiger partial charge on any atom is 0.255 e. The van der Waals surface area contributed by atoms with Crippen LogP contribution in [0, 0.1) is 6.92 Å². The maximum absolute atomic E-state index is 13.3. The summed E-state index contributed by atoms with van der Waals surface area (Å²) in [6.45, 7) is 12.4. The normalized spacial score (nSPS) is 11.5. The van der Waals surface area contributed by atoms with Crippen LogP contribution in [0.1, 0.15) is 131 Å². The summed E-state index contributed by atoms with van der Waals surface area (Å²) in [5.41, 5.74) is 5.64. The van der Waals surface area contributed by atoms with Crippen molar-refractivity contribution in [2.45, 2.75) is 124 Å². The zero-order valence-electron chi connectivity index (χ0n) is 26.3. The summed E-state index contributed by atoms with van der Waals surface area (Å²) in [4.78, 5) is 14.6. The van der Waals surface area contributed by atoms with Gasteiger partial charge in [0.05, 0.1) is 17.2 Å². The van der Waals surface area contributed by atoms with Crippen molar-refractivity contribution < 1.29 is 14.1 Å².